The van der Waals surface area contributed by atoms with Crippen LogP contribution in [-0.4, -0.2) is 31.7 Å². The number of nitrogens with one attached hydrogen (secondary N) is 3. The molecule has 0 spiro atoms. The van der Waals surface area contributed by atoms with Crippen LogP contribution < -0.4 is 27.4 Å². The number of anilines is 1. The molecule has 0 saturated heterocycles. The lowest BCUT2D eigenvalue weighted by atomic mass is 9.95. The van der Waals surface area contributed by atoms with Crippen molar-refractivity contribution in [2.75, 3.05) is 5.32 Å². The Kier molecular flexibility index (Phi) is 6.81. The highest BCUT2D eigenvalue weighted by Gasteiger charge is 2.44. The summed E-state index contributed by atoms with van der Waals surface area (Å²) in [5.74, 6) is -1.55. The third kappa shape index (κ3) is 5.51. The van der Waals surface area contributed by atoms with Crippen molar-refractivity contribution in [2.24, 2.45) is 16.6 Å². The van der Waals surface area contributed by atoms with Crippen LogP contribution in [0.2, 0.25) is 0 Å². The number of hydroxylamine groups is 1. The van der Waals surface area contributed by atoms with Crippen molar-refractivity contribution < 1.29 is 22.8 Å². The van der Waals surface area contributed by atoms with E-state index in [1.165, 1.54) is 12.1 Å². The molecule has 1 unspecified atom stereocenters. The molecule has 1 heterocycles. The molecule has 1 aliphatic heterocycles. The second kappa shape index (κ2) is 9.85. The number of carbonyl (C=O) groups is 2. The lowest BCUT2D eigenvalue weighted by Crippen LogP contribution is -2.46. The number of primary amides is 1. The fraction of sp³-hybridized carbons (Fsp3) is 0.0800. The lowest BCUT2D eigenvalue weighted by molar-refractivity contribution is -0.143. The normalized spacial score (nSPS) is 16.9. The molecule has 11 nitrogen and oxygen atoms in total. The third-order valence-electron chi connectivity index (χ3n) is 5.67. The molecule has 0 fully saturated rings. The van der Waals surface area contributed by atoms with Crippen LogP contribution in [0.15, 0.2) is 83.8 Å². The number of amides is 2. The summed E-state index contributed by atoms with van der Waals surface area (Å²) >= 11 is 0. The molecule has 0 bridgehead atoms. The van der Waals surface area contributed by atoms with Gasteiger partial charge in [-0.2, -0.15) is 0 Å². The molecule has 3 aromatic carbocycles. The first-order valence-electron chi connectivity index (χ1n) is 10.9. The average molecular weight is 521 g/mol. The first-order valence-corrected chi connectivity index (χ1v) is 12.5. The van der Waals surface area contributed by atoms with E-state index in [0.29, 0.717) is 33.6 Å². The monoisotopic (exact) mass is 520 g/mol. The number of sulfonamides is 1. The number of carbonyl (C=O) groups excluding carboxylic acids is 2. The molecule has 1 atom stereocenters. The van der Waals surface area contributed by atoms with Gasteiger partial charge in [0.25, 0.3) is 5.91 Å². The standard InChI is InChI=1S/C25H24N6O5S/c26-22(32)14-25(13-20(31-36-25)16-4-3-5-17(12-16)23(27)28)24(33)30-18-10-8-15(9-11-18)19-6-1-2-7-21(19)37(29,34)35/h1-13,31H,14H2,(H2,26,32)(H3,27,28)(H,30,33)(H2,29,34,35). The van der Waals surface area contributed by atoms with Crippen molar-refractivity contribution in [1.29, 1.82) is 5.41 Å². The zero-order valence-electron chi connectivity index (χ0n) is 19.4. The Morgan fingerprint density at radius 3 is 2.32 bits per heavy atom. The number of nitrogens with two attached hydrogens (primary N) is 3. The first kappa shape index (κ1) is 25.6. The summed E-state index contributed by atoms with van der Waals surface area (Å²) in [5.41, 5.74) is 14.7. The van der Waals surface area contributed by atoms with Gasteiger partial charge in [-0.15, -0.1) is 0 Å². The molecule has 9 N–H and O–H groups in total. The summed E-state index contributed by atoms with van der Waals surface area (Å²) < 4.78 is 23.9. The summed E-state index contributed by atoms with van der Waals surface area (Å²) in [7, 11) is -3.94. The number of amidine groups is 1. The molecule has 0 saturated carbocycles. The average Bonchev–Trinajstić information content (AvgIpc) is 3.29. The summed E-state index contributed by atoms with van der Waals surface area (Å²) in [4.78, 5) is 30.7. The zero-order valence-corrected chi connectivity index (χ0v) is 20.2. The van der Waals surface area contributed by atoms with Gasteiger partial charge >= 0.3 is 0 Å². The molecule has 4 rings (SSSR count). The number of benzene rings is 3. The van der Waals surface area contributed by atoms with Crippen LogP contribution in [0.3, 0.4) is 0 Å². The van der Waals surface area contributed by atoms with Gasteiger partial charge in [-0.05, 0) is 35.9 Å². The molecule has 37 heavy (non-hydrogen) atoms. The van der Waals surface area contributed by atoms with Gasteiger partial charge < -0.3 is 16.8 Å². The smallest absolute Gasteiger partial charge is 0.264 e. The third-order valence-corrected chi connectivity index (χ3v) is 6.64. The maximum atomic E-state index is 13.3. The molecule has 0 aliphatic carbocycles. The van der Waals surface area contributed by atoms with Crippen molar-refractivity contribution in [3.05, 3.63) is 90.0 Å². The second-order valence-electron chi connectivity index (χ2n) is 8.36. The Hall–Kier alpha value is -4.52. The minimum atomic E-state index is -3.94. The van der Waals surface area contributed by atoms with E-state index < -0.39 is 33.9 Å². The van der Waals surface area contributed by atoms with Crippen molar-refractivity contribution in [3.8, 4) is 11.1 Å². The quantitative estimate of drug-likeness (QED) is 0.190. The maximum Gasteiger partial charge on any atom is 0.264 e. The van der Waals surface area contributed by atoms with E-state index in [4.69, 9.17) is 26.9 Å². The highest BCUT2D eigenvalue weighted by molar-refractivity contribution is 7.89. The van der Waals surface area contributed by atoms with Gasteiger partial charge in [-0.25, -0.2) is 13.6 Å². The first-order chi connectivity index (χ1) is 17.5. The fourth-order valence-corrected chi connectivity index (χ4v) is 4.66. The van der Waals surface area contributed by atoms with E-state index >= 15 is 0 Å². The highest BCUT2D eigenvalue weighted by Crippen LogP contribution is 2.32. The van der Waals surface area contributed by atoms with Gasteiger partial charge in [-0.3, -0.25) is 25.3 Å². The highest BCUT2D eigenvalue weighted by atomic mass is 32.2. The molecule has 0 radical (unpaired) electrons. The molecule has 1 aliphatic rings. The minimum absolute atomic E-state index is 0.0239. The summed E-state index contributed by atoms with van der Waals surface area (Å²) in [6.45, 7) is 0. The molecule has 0 aromatic heterocycles. The van der Waals surface area contributed by atoms with Crippen LogP contribution in [-0.2, 0) is 24.4 Å². The maximum absolute atomic E-state index is 13.3. The summed E-state index contributed by atoms with van der Waals surface area (Å²) in [5, 5.41) is 15.7. The second-order valence-corrected chi connectivity index (χ2v) is 9.89. The number of nitrogen functional groups attached to an aromatic ring is 1. The van der Waals surface area contributed by atoms with Gasteiger partial charge in [0.15, 0.2) is 0 Å². The number of hydrogen-bond donors (Lipinski definition) is 6. The predicted molar refractivity (Wildman–Crippen MR) is 138 cm³/mol. The number of hydrogen-bond acceptors (Lipinski definition) is 7. The topological polar surface area (TPSA) is 203 Å². The van der Waals surface area contributed by atoms with Crippen LogP contribution in [0.1, 0.15) is 17.5 Å². The minimum Gasteiger partial charge on any atom is -0.384 e. The summed E-state index contributed by atoms with van der Waals surface area (Å²) in [6.07, 6.45) is 1.00. The Morgan fingerprint density at radius 1 is 0.973 bits per heavy atom. The summed E-state index contributed by atoms with van der Waals surface area (Å²) in [6, 6.07) is 19.4. The van der Waals surface area contributed by atoms with Gasteiger partial charge in [0.1, 0.15) is 5.84 Å². The number of rotatable bonds is 8. The zero-order chi connectivity index (χ0) is 26.8. The van der Waals surface area contributed by atoms with Crippen LogP contribution in [0.5, 0.6) is 0 Å². The van der Waals surface area contributed by atoms with Crippen LogP contribution in [0, 0.1) is 5.41 Å². The SMILES string of the molecule is N=C(N)c1cccc(C2=CC(CC(N)=O)(C(=O)Nc3ccc(-c4ccccc4S(N)(=O)=O)cc3)ON2)c1. The van der Waals surface area contributed by atoms with E-state index in [9.17, 15) is 18.0 Å². The fourth-order valence-electron chi connectivity index (χ4n) is 3.90. The molecule has 3 aromatic rings. The lowest BCUT2D eigenvalue weighted by Gasteiger charge is -2.23. The van der Waals surface area contributed by atoms with E-state index in [0.717, 1.165) is 0 Å². The predicted octanol–water partition coefficient (Wildman–Crippen LogP) is 1.41. The molecular formula is C25H24N6O5S. The van der Waals surface area contributed by atoms with E-state index in [2.05, 4.69) is 10.8 Å². The van der Waals surface area contributed by atoms with E-state index in [1.54, 1.807) is 66.7 Å². The molecule has 2 amide bonds. The molecule has 12 heteroatoms. The van der Waals surface area contributed by atoms with Crippen LogP contribution in [0.4, 0.5) is 5.69 Å². The van der Waals surface area contributed by atoms with Crippen molar-refractivity contribution in [3.63, 3.8) is 0 Å². The van der Waals surface area contributed by atoms with E-state index in [1.807, 2.05) is 0 Å². The Labute approximate surface area is 212 Å². The van der Waals surface area contributed by atoms with Crippen molar-refractivity contribution in [1.82, 2.24) is 5.48 Å². The van der Waals surface area contributed by atoms with Gasteiger partial charge in [0.2, 0.25) is 21.5 Å². The van der Waals surface area contributed by atoms with E-state index in [-0.39, 0.29) is 10.7 Å². The van der Waals surface area contributed by atoms with Gasteiger partial charge in [0, 0.05) is 22.4 Å². The van der Waals surface area contributed by atoms with Crippen LogP contribution in [0.25, 0.3) is 16.8 Å². The Bertz CT molecular complexity index is 1540. The van der Waals surface area contributed by atoms with Gasteiger partial charge in [0.05, 0.1) is 17.0 Å². The van der Waals surface area contributed by atoms with Crippen molar-refractivity contribution in [2.45, 2.75) is 16.9 Å². The molecular weight excluding hydrogens is 496 g/mol. The van der Waals surface area contributed by atoms with Crippen LogP contribution >= 0.6 is 0 Å². The Morgan fingerprint density at radius 2 is 1.68 bits per heavy atom. The number of primary sulfonamides is 1. The molecule has 190 valence electrons. The largest absolute Gasteiger partial charge is 0.384 e. The van der Waals surface area contributed by atoms with Crippen molar-refractivity contribution >= 4 is 39.1 Å². The Balaban J connectivity index is 1.61. The van der Waals surface area contributed by atoms with Gasteiger partial charge in [-0.1, -0.05) is 48.5 Å².